The van der Waals surface area contributed by atoms with Gasteiger partial charge < -0.3 is 5.32 Å². The molecule has 0 aliphatic carbocycles. The van der Waals surface area contributed by atoms with Gasteiger partial charge >= 0.3 is 0 Å². The van der Waals surface area contributed by atoms with E-state index in [9.17, 15) is 0 Å². The highest BCUT2D eigenvalue weighted by molar-refractivity contribution is 7.12. The van der Waals surface area contributed by atoms with Gasteiger partial charge in [0.2, 0.25) is 0 Å². The van der Waals surface area contributed by atoms with Gasteiger partial charge in [-0.15, -0.1) is 11.3 Å². The third kappa shape index (κ3) is 3.12. The molecule has 2 nitrogen and oxygen atoms in total. The highest BCUT2D eigenvalue weighted by Gasteiger charge is 2.05. The number of thiophene rings is 1. The molecule has 0 unspecified atom stereocenters. The van der Waals surface area contributed by atoms with Gasteiger partial charge in [0.1, 0.15) is 5.82 Å². The molecule has 0 radical (unpaired) electrons. The van der Waals surface area contributed by atoms with Crippen molar-refractivity contribution in [2.24, 2.45) is 0 Å². The molecule has 1 N–H and O–H groups in total. The Kier molecular flexibility index (Phi) is 3.92. The van der Waals surface area contributed by atoms with Gasteiger partial charge in [-0.3, -0.25) is 0 Å². The molecule has 0 saturated heterocycles. The van der Waals surface area contributed by atoms with Crippen LogP contribution in [0.4, 0.5) is 5.82 Å². The van der Waals surface area contributed by atoms with E-state index in [2.05, 4.69) is 30.2 Å². The molecule has 17 heavy (non-hydrogen) atoms. The molecule has 0 spiro atoms. The van der Waals surface area contributed by atoms with E-state index in [0.717, 1.165) is 6.54 Å². The first-order valence-electron chi connectivity index (χ1n) is 5.17. The van der Waals surface area contributed by atoms with Crippen LogP contribution in [0.1, 0.15) is 15.3 Å². The first-order valence-corrected chi connectivity index (χ1v) is 6.74. The van der Waals surface area contributed by atoms with Gasteiger partial charge in [-0.25, -0.2) is 4.98 Å². The molecule has 0 aliphatic heterocycles. The van der Waals surface area contributed by atoms with Crippen LogP contribution < -0.4 is 5.32 Å². The Balaban J connectivity index is 2.07. The zero-order valence-electron chi connectivity index (χ0n) is 9.55. The zero-order valence-corrected chi connectivity index (χ0v) is 11.9. The van der Waals surface area contributed by atoms with E-state index in [4.69, 9.17) is 23.2 Å². The lowest BCUT2D eigenvalue weighted by atomic mass is 10.3. The largest absolute Gasteiger partial charge is 0.364 e. The fourth-order valence-electron chi connectivity index (χ4n) is 1.45. The molecular weight excluding hydrogens is 275 g/mol. The van der Waals surface area contributed by atoms with Gasteiger partial charge in [0.05, 0.1) is 16.6 Å². The summed E-state index contributed by atoms with van der Waals surface area (Å²) in [6, 6.07) is 3.86. The van der Waals surface area contributed by atoms with Gasteiger partial charge in [0.25, 0.3) is 0 Å². The summed E-state index contributed by atoms with van der Waals surface area (Å²) in [7, 11) is 0. The second-order valence-corrected chi connectivity index (χ2v) is 5.97. The molecule has 2 aromatic rings. The molecular formula is C12H12Cl2N2S. The molecule has 0 atom stereocenters. The summed E-state index contributed by atoms with van der Waals surface area (Å²) in [5, 5.41) is 4.29. The van der Waals surface area contributed by atoms with Crippen molar-refractivity contribution in [2.75, 3.05) is 5.32 Å². The molecule has 0 saturated carbocycles. The second kappa shape index (κ2) is 5.25. The Hall–Kier alpha value is -0.770. The van der Waals surface area contributed by atoms with Crippen molar-refractivity contribution < 1.29 is 0 Å². The van der Waals surface area contributed by atoms with Crippen LogP contribution in [0.5, 0.6) is 0 Å². The van der Waals surface area contributed by atoms with Crippen LogP contribution >= 0.6 is 34.5 Å². The Labute approximate surface area is 115 Å². The Bertz CT molecular complexity index is 518. The number of halogens is 2. The summed E-state index contributed by atoms with van der Waals surface area (Å²) in [6.45, 7) is 4.97. The number of nitrogens with one attached hydrogen (secondary N) is 1. The number of anilines is 1. The molecule has 0 aliphatic rings. The lowest BCUT2D eigenvalue weighted by molar-refractivity contribution is 1.14. The van der Waals surface area contributed by atoms with E-state index in [-0.39, 0.29) is 0 Å². The molecule has 0 bridgehead atoms. The monoisotopic (exact) mass is 286 g/mol. The summed E-state index contributed by atoms with van der Waals surface area (Å²) in [4.78, 5) is 6.77. The lowest BCUT2D eigenvalue weighted by Gasteiger charge is -2.05. The quantitative estimate of drug-likeness (QED) is 0.886. The van der Waals surface area contributed by atoms with Crippen LogP contribution in [0.2, 0.25) is 10.0 Å². The summed E-state index contributed by atoms with van der Waals surface area (Å²) in [6.07, 6.45) is 1.58. The maximum atomic E-state index is 6.03. The number of aromatic nitrogens is 1. The minimum absolute atomic E-state index is 0.544. The van der Waals surface area contributed by atoms with Crippen molar-refractivity contribution in [3.05, 3.63) is 43.7 Å². The van der Waals surface area contributed by atoms with Crippen molar-refractivity contribution >= 4 is 40.4 Å². The Morgan fingerprint density at radius 1 is 1.29 bits per heavy atom. The Morgan fingerprint density at radius 3 is 2.65 bits per heavy atom. The topological polar surface area (TPSA) is 24.9 Å². The van der Waals surface area contributed by atoms with E-state index in [1.54, 1.807) is 23.6 Å². The van der Waals surface area contributed by atoms with Crippen LogP contribution in [0.3, 0.4) is 0 Å². The maximum Gasteiger partial charge on any atom is 0.145 e. The summed E-state index contributed by atoms with van der Waals surface area (Å²) in [5.74, 6) is 0.666. The van der Waals surface area contributed by atoms with Crippen molar-refractivity contribution in [3.63, 3.8) is 0 Å². The summed E-state index contributed by atoms with van der Waals surface area (Å²) < 4.78 is 0. The third-order valence-corrected chi connectivity index (χ3v) is 4.10. The third-order valence-electron chi connectivity index (χ3n) is 2.45. The van der Waals surface area contributed by atoms with Crippen molar-refractivity contribution in [1.29, 1.82) is 0 Å². The zero-order chi connectivity index (χ0) is 12.4. The number of hydrogen-bond donors (Lipinski definition) is 1. The first-order chi connectivity index (χ1) is 8.06. The van der Waals surface area contributed by atoms with E-state index >= 15 is 0 Å². The molecule has 2 aromatic heterocycles. The van der Waals surface area contributed by atoms with Gasteiger partial charge in [0, 0.05) is 16.0 Å². The Morgan fingerprint density at radius 2 is 2.06 bits per heavy atom. The maximum absolute atomic E-state index is 6.03. The van der Waals surface area contributed by atoms with Crippen LogP contribution in [0, 0.1) is 13.8 Å². The normalized spacial score (nSPS) is 10.6. The van der Waals surface area contributed by atoms with Crippen LogP contribution in [-0.2, 0) is 6.54 Å². The summed E-state index contributed by atoms with van der Waals surface area (Å²) >= 11 is 13.6. The fourth-order valence-corrected chi connectivity index (χ4v) is 2.89. The molecule has 0 amide bonds. The van der Waals surface area contributed by atoms with Crippen molar-refractivity contribution in [1.82, 2.24) is 4.98 Å². The average Bonchev–Trinajstić information content (AvgIpc) is 2.57. The first kappa shape index (κ1) is 12.7. The fraction of sp³-hybridized carbons (Fsp3) is 0.250. The van der Waals surface area contributed by atoms with E-state index in [1.165, 1.54) is 15.3 Å². The van der Waals surface area contributed by atoms with Crippen LogP contribution in [0.15, 0.2) is 18.3 Å². The molecule has 0 aromatic carbocycles. The molecule has 0 fully saturated rings. The van der Waals surface area contributed by atoms with Crippen LogP contribution in [-0.4, -0.2) is 4.98 Å². The van der Waals surface area contributed by atoms with Crippen molar-refractivity contribution in [2.45, 2.75) is 20.4 Å². The van der Waals surface area contributed by atoms with Gasteiger partial charge in [0.15, 0.2) is 0 Å². The van der Waals surface area contributed by atoms with E-state index in [1.807, 2.05) is 0 Å². The molecule has 2 rings (SSSR count). The highest BCUT2D eigenvalue weighted by Crippen LogP contribution is 2.25. The smallest absolute Gasteiger partial charge is 0.145 e. The van der Waals surface area contributed by atoms with Gasteiger partial charge in [-0.2, -0.15) is 0 Å². The number of hydrogen-bond acceptors (Lipinski definition) is 3. The number of nitrogens with zero attached hydrogens (tertiary/aromatic N) is 1. The predicted octanol–water partition coefficient (Wildman–Crippen LogP) is 4.68. The predicted molar refractivity (Wildman–Crippen MR) is 75.4 cm³/mol. The average molecular weight is 287 g/mol. The van der Waals surface area contributed by atoms with Gasteiger partial charge in [-0.1, -0.05) is 23.2 Å². The number of pyridine rings is 1. The van der Waals surface area contributed by atoms with Gasteiger partial charge in [-0.05, 0) is 31.5 Å². The second-order valence-electron chi connectivity index (χ2n) is 3.79. The summed E-state index contributed by atoms with van der Waals surface area (Å²) in [5.41, 5.74) is 1.32. The SMILES string of the molecule is Cc1cc(CNc2ncc(Cl)cc2Cl)sc1C. The van der Waals surface area contributed by atoms with Crippen molar-refractivity contribution in [3.8, 4) is 0 Å². The molecule has 2 heterocycles. The molecule has 5 heteroatoms. The highest BCUT2D eigenvalue weighted by atomic mass is 35.5. The standard InChI is InChI=1S/C12H12Cl2N2S/c1-7-3-10(17-8(7)2)6-16-12-11(14)4-9(13)5-15-12/h3-5H,6H2,1-2H3,(H,15,16). The number of rotatable bonds is 3. The minimum atomic E-state index is 0.544. The van der Waals surface area contributed by atoms with E-state index in [0.29, 0.717) is 15.9 Å². The van der Waals surface area contributed by atoms with Crippen LogP contribution in [0.25, 0.3) is 0 Å². The lowest BCUT2D eigenvalue weighted by Crippen LogP contribution is -2.00. The molecule has 90 valence electrons. The number of aryl methyl sites for hydroxylation is 2. The van der Waals surface area contributed by atoms with E-state index < -0.39 is 0 Å². The minimum Gasteiger partial charge on any atom is -0.364 e.